The smallest absolute Gasteiger partial charge is 0.219 e. The second-order valence-electron chi connectivity index (χ2n) is 3.35. The van der Waals surface area contributed by atoms with Crippen LogP contribution in [0.5, 0.6) is 0 Å². The number of likely N-dealkylation sites (N-methyl/N-ethyl adjacent to an activating group) is 1. The third-order valence-corrected chi connectivity index (χ3v) is 2.06. The van der Waals surface area contributed by atoms with Crippen molar-refractivity contribution in [3.05, 3.63) is 0 Å². The normalized spacial score (nSPS) is 13.3. The van der Waals surface area contributed by atoms with Crippen LogP contribution < -0.4 is 10.6 Å². The number of carbonyl (C=O) groups excluding carboxylic acids is 1. The third-order valence-electron chi connectivity index (χ3n) is 2.06. The maximum Gasteiger partial charge on any atom is 0.219 e. The van der Waals surface area contributed by atoms with E-state index >= 15 is 0 Å². The van der Waals surface area contributed by atoms with Gasteiger partial charge in [-0.3, -0.25) is 4.79 Å². The van der Waals surface area contributed by atoms with Crippen molar-refractivity contribution in [3.63, 3.8) is 0 Å². The van der Waals surface area contributed by atoms with Gasteiger partial charge in [-0.1, -0.05) is 20.8 Å². The Morgan fingerprint density at radius 3 is 2.47 bits per heavy atom. The molecule has 0 aliphatic rings. The Bertz CT molecular complexity index is 180. The van der Waals surface area contributed by atoms with E-state index < -0.39 is 12.3 Å². The summed E-state index contributed by atoms with van der Waals surface area (Å²) >= 11 is 0. The molecule has 2 N–H and O–H groups in total. The lowest BCUT2D eigenvalue weighted by Gasteiger charge is -2.17. The predicted molar refractivity (Wildman–Crippen MR) is 68.9 cm³/mol. The minimum Gasteiger partial charge on any atom is -0.374 e. The van der Waals surface area contributed by atoms with Gasteiger partial charge in [0.1, 0.15) is 6.17 Å². The molecule has 1 amide bonds. The van der Waals surface area contributed by atoms with Gasteiger partial charge in [-0.2, -0.15) is 0 Å². The molecule has 4 nitrogen and oxygen atoms in total. The van der Waals surface area contributed by atoms with Crippen molar-refractivity contribution in [2.75, 3.05) is 26.7 Å². The molecular weight excluding hydrogens is 223 g/mol. The molecule has 0 aromatic rings. The SMILES string of the molecule is CC.CCC(=O)NCC(F)C(C)OCCNC. The van der Waals surface area contributed by atoms with Crippen LogP contribution in [0.2, 0.25) is 0 Å². The minimum atomic E-state index is -1.16. The first-order chi connectivity index (χ1) is 8.11. The van der Waals surface area contributed by atoms with Gasteiger partial charge >= 0.3 is 0 Å². The molecule has 0 aliphatic heterocycles. The minimum absolute atomic E-state index is 0.0212. The molecule has 17 heavy (non-hydrogen) atoms. The van der Waals surface area contributed by atoms with Crippen molar-refractivity contribution in [2.45, 2.75) is 46.4 Å². The van der Waals surface area contributed by atoms with Crippen molar-refractivity contribution < 1.29 is 13.9 Å². The molecule has 5 heteroatoms. The average molecular weight is 250 g/mol. The number of hydrogen-bond acceptors (Lipinski definition) is 3. The quantitative estimate of drug-likeness (QED) is 0.642. The molecule has 0 bridgehead atoms. The molecule has 0 aromatic heterocycles. The van der Waals surface area contributed by atoms with Gasteiger partial charge in [0.2, 0.25) is 5.91 Å². The second kappa shape index (κ2) is 13.4. The highest BCUT2D eigenvalue weighted by Crippen LogP contribution is 2.02. The van der Waals surface area contributed by atoms with E-state index in [-0.39, 0.29) is 12.5 Å². The fourth-order valence-electron chi connectivity index (χ4n) is 0.954. The van der Waals surface area contributed by atoms with Crippen molar-refractivity contribution in [3.8, 4) is 0 Å². The van der Waals surface area contributed by atoms with Crippen molar-refractivity contribution >= 4 is 5.91 Å². The Morgan fingerprint density at radius 2 is 2.00 bits per heavy atom. The first-order valence-electron chi connectivity index (χ1n) is 6.28. The van der Waals surface area contributed by atoms with Crippen molar-refractivity contribution in [1.29, 1.82) is 0 Å². The summed E-state index contributed by atoms with van der Waals surface area (Å²) in [7, 11) is 1.81. The van der Waals surface area contributed by atoms with E-state index in [2.05, 4.69) is 10.6 Å². The summed E-state index contributed by atoms with van der Waals surface area (Å²) in [6.45, 7) is 8.58. The zero-order valence-electron chi connectivity index (χ0n) is 11.7. The Kier molecular flexibility index (Phi) is 14.7. The average Bonchev–Trinajstić information content (AvgIpc) is 2.37. The van der Waals surface area contributed by atoms with E-state index in [1.165, 1.54) is 0 Å². The number of hydrogen-bond donors (Lipinski definition) is 2. The lowest BCUT2D eigenvalue weighted by molar-refractivity contribution is -0.121. The Balaban J connectivity index is 0. The number of nitrogens with one attached hydrogen (secondary N) is 2. The van der Waals surface area contributed by atoms with E-state index in [0.29, 0.717) is 19.6 Å². The van der Waals surface area contributed by atoms with Gasteiger partial charge in [0.05, 0.1) is 19.3 Å². The largest absolute Gasteiger partial charge is 0.374 e. The summed E-state index contributed by atoms with van der Waals surface area (Å²) < 4.78 is 18.6. The molecule has 2 atom stereocenters. The van der Waals surface area contributed by atoms with Crippen LogP contribution in [0.15, 0.2) is 0 Å². The Hall–Kier alpha value is -0.680. The second-order valence-corrected chi connectivity index (χ2v) is 3.35. The van der Waals surface area contributed by atoms with Crippen molar-refractivity contribution in [2.24, 2.45) is 0 Å². The number of rotatable bonds is 8. The maximum absolute atomic E-state index is 13.4. The van der Waals surface area contributed by atoms with E-state index in [4.69, 9.17) is 4.74 Å². The molecule has 0 heterocycles. The molecule has 104 valence electrons. The van der Waals surface area contributed by atoms with Crippen molar-refractivity contribution in [1.82, 2.24) is 10.6 Å². The third kappa shape index (κ3) is 11.6. The molecular formula is C12H27FN2O2. The van der Waals surface area contributed by atoms with Gasteiger partial charge in [-0.15, -0.1) is 0 Å². The topological polar surface area (TPSA) is 50.4 Å². The van der Waals surface area contributed by atoms with Crippen LogP contribution in [0.3, 0.4) is 0 Å². The monoisotopic (exact) mass is 250 g/mol. The highest BCUT2D eigenvalue weighted by atomic mass is 19.1. The van der Waals surface area contributed by atoms with Gasteiger partial charge in [0.25, 0.3) is 0 Å². The highest BCUT2D eigenvalue weighted by Gasteiger charge is 2.16. The van der Waals surface area contributed by atoms with Crippen LogP contribution >= 0.6 is 0 Å². The van der Waals surface area contributed by atoms with Crippen LogP contribution in [-0.2, 0) is 9.53 Å². The maximum atomic E-state index is 13.4. The van der Waals surface area contributed by atoms with E-state index in [0.717, 1.165) is 0 Å². The summed E-state index contributed by atoms with van der Waals surface area (Å²) in [5.41, 5.74) is 0. The van der Waals surface area contributed by atoms with Gasteiger partial charge < -0.3 is 15.4 Å². The van der Waals surface area contributed by atoms with Crippen LogP contribution in [0, 0.1) is 0 Å². The fraction of sp³-hybridized carbons (Fsp3) is 0.917. The van der Waals surface area contributed by atoms with Crippen LogP contribution in [0.4, 0.5) is 4.39 Å². The molecule has 0 aromatic carbocycles. The van der Waals surface area contributed by atoms with E-state index in [9.17, 15) is 9.18 Å². The molecule has 0 spiro atoms. The first kappa shape index (κ1) is 18.7. The van der Waals surface area contributed by atoms with Gasteiger partial charge in [-0.05, 0) is 14.0 Å². The molecule has 0 saturated carbocycles. The molecule has 0 aliphatic carbocycles. The zero-order chi connectivity index (χ0) is 13.7. The number of carbonyl (C=O) groups is 1. The number of amides is 1. The van der Waals surface area contributed by atoms with Gasteiger partial charge in [0.15, 0.2) is 0 Å². The predicted octanol–water partition coefficient (Wildman–Crippen LogP) is 1.50. The summed E-state index contributed by atoms with van der Waals surface area (Å²) in [6, 6.07) is 0. The summed E-state index contributed by atoms with van der Waals surface area (Å²) in [4.78, 5) is 10.9. The van der Waals surface area contributed by atoms with Crippen LogP contribution in [0.25, 0.3) is 0 Å². The molecule has 0 saturated heterocycles. The lowest BCUT2D eigenvalue weighted by atomic mass is 10.2. The molecule has 0 fully saturated rings. The van der Waals surface area contributed by atoms with Gasteiger partial charge in [0, 0.05) is 13.0 Å². The standard InChI is InChI=1S/C10H21FN2O2.C2H6/c1-4-10(14)13-7-9(11)8(2)15-6-5-12-3;1-2/h8-9,12H,4-7H2,1-3H3,(H,13,14);1-2H3. The zero-order valence-corrected chi connectivity index (χ0v) is 11.7. The Labute approximate surface area is 104 Å². The van der Waals surface area contributed by atoms with Gasteiger partial charge in [-0.25, -0.2) is 4.39 Å². The van der Waals surface area contributed by atoms with E-state index in [1.54, 1.807) is 13.8 Å². The lowest BCUT2D eigenvalue weighted by Crippen LogP contribution is -2.36. The first-order valence-corrected chi connectivity index (χ1v) is 6.28. The molecule has 0 rings (SSSR count). The van der Waals surface area contributed by atoms with Crippen LogP contribution in [0.1, 0.15) is 34.1 Å². The number of ether oxygens (including phenoxy) is 1. The molecule has 2 unspecified atom stereocenters. The Morgan fingerprint density at radius 1 is 1.41 bits per heavy atom. The summed E-state index contributed by atoms with van der Waals surface area (Å²) in [5.74, 6) is -0.139. The summed E-state index contributed by atoms with van der Waals surface area (Å²) in [5, 5.41) is 5.40. The molecule has 0 radical (unpaired) electrons. The highest BCUT2D eigenvalue weighted by molar-refractivity contribution is 5.75. The van der Waals surface area contributed by atoms with E-state index in [1.807, 2.05) is 20.9 Å². The van der Waals surface area contributed by atoms with Crippen LogP contribution in [-0.4, -0.2) is 44.9 Å². The fourth-order valence-corrected chi connectivity index (χ4v) is 0.954. The summed E-state index contributed by atoms with van der Waals surface area (Å²) in [6.07, 6.45) is -1.27. The number of alkyl halides is 1. The number of halogens is 1.